The number of benzene rings is 2. The van der Waals surface area contributed by atoms with E-state index in [9.17, 15) is 4.79 Å². The van der Waals surface area contributed by atoms with E-state index in [0.717, 1.165) is 22.6 Å². The van der Waals surface area contributed by atoms with Gasteiger partial charge in [0.15, 0.2) is 5.78 Å². The zero-order valence-electron chi connectivity index (χ0n) is 11.8. The molecule has 0 saturated carbocycles. The second-order valence-electron chi connectivity index (χ2n) is 4.52. The third kappa shape index (κ3) is 3.38. The van der Waals surface area contributed by atoms with E-state index in [-0.39, 0.29) is 5.78 Å². The fourth-order valence-corrected chi connectivity index (χ4v) is 2.05. The first-order valence-electron chi connectivity index (χ1n) is 6.73. The first kappa shape index (κ1) is 14.1. The number of Topliss-reactive ketones (excluding diaryl/α,β-unsaturated/α-hetero) is 1. The first-order chi connectivity index (χ1) is 9.74. The Hall–Kier alpha value is -2.29. The molecule has 0 atom stereocenters. The van der Waals surface area contributed by atoms with Crippen molar-refractivity contribution in [1.29, 1.82) is 0 Å². The van der Waals surface area contributed by atoms with Gasteiger partial charge in [-0.3, -0.25) is 4.79 Å². The van der Waals surface area contributed by atoms with Gasteiger partial charge in [0.2, 0.25) is 0 Å². The molecule has 0 spiro atoms. The van der Waals surface area contributed by atoms with Crippen molar-refractivity contribution in [2.24, 2.45) is 0 Å². The zero-order valence-corrected chi connectivity index (χ0v) is 11.8. The molecular weight excluding hydrogens is 250 g/mol. The average molecular weight is 269 g/mol. The van der Waals surface area contributed by atoms with Crippen LogP contribution in [-0.2, 0) is 6.54 Å². The van der Waals surface area contributed by atoms with E-state index in [0.29, 0.717) is 13.0 Å². The molecule has 0 heterocycles. The summed E-state index contributed by atoms with van der Waals surface area (Å²) >= 11 is 0. The summed E-state index contributed by atoms with van der Waals surface area (Å²) < 4.78 is 5.32. The topological polar surface area (TPSA) is 38.3 Å². The molecule has 2 aromatic rings. The summed E-state index contributed by atoms with van der Waals surface area (Å²) in [7, 11) is 1.67. The highest BCUT2D eigenvalue weighted by Gasteiger charge is 2.05. The molecule has 0 aliphatic heterocycles. The number of nitrogens with one attached hydrogen (secondary N) is 1. The summed E-state index contributed by atoms with van der Waals surface area (Å²) in [5.74, 6) is 1.02. The summed E-state index contributed by atoms with van der Waals surface area (Å²) in [5, 5.41) is 3.32. The number of carbonyl (C=O) groups excluding carboxylic acids is 1. The molecule has 0 fully saturated rings. The van der Waals surface area contributed by atoms with E-state index in [1.807, 2.05) is 55.5 Å². The Morgan fingerprint density at radius 1 is 1.15 bits per heavy atom. The van der Waals surface area contributed by atoms with Crippen LogP contribution in [0.1, 0.15) is 29.3 Å². The monoisotopic (exact) mass is 269 g/mol. The summed E-state index contributed by atoms with van der Waals surface area (Å²) in [6.45, 7) is 2.53. The van der Waals surface area contributed by atoms with Gasteiger partial charge in [0, 0.05) is 29.8 Å². The molecule has 0 amide bonds. The Bertz CT molecular complexity index is 593. The molecule has 0 aliphatic rings. The molecule has 2 rings (SSSR count). The highest BCUT2D eigenvalue weighted by atomic mass is 16.5. The Morgan fingerprint density at radius 3 is 2.70 bits per heavy atom. The van der Waals surface area contributed by atoms with Crippen molar-refractivity contribution in [2.45, 2.75) is 19.9 Å². The maximum absolute atomic E-state index is 11.7. The number of rotatable bonds is 6. The maximum atomic E-state index is 11.7. The van der Waals surface area contributed by atoms with Gasteiger partial charge in [-0.05, 0) is 18.2 Å². The number of hydrogen-bond donors (Lipinski definition) is 1. The molecule has 3 heteroatoms. The van der Waals surface area contributed by atoms with Gasteiger partial charge in [-0.25, -0.2) is 0 Å². The quantitative estimate of drug-likeness (QED) is 0.808. The van der Waals surface area contributed by atoms with Gasteiger partial charge < -0.3 is 10.1 Å². The fourth-order valence-electron chi connectivity index (χ4n) is 2.05. The van der Waals surface area contributed by atoms with E-state index in [4.69, 9.17) is 4.74 Å². The van der Waals surface area contributed by atoms with Gasteiger partial charge in [-0.2, -0.15) is 0 Å². The molecule has 20 heavy (non-hydrogen) atoms. The predicted octanol–water partition coefficient (Wildman–Crippen LogP) is 3.90. The van der Waals surface area contributed by atoms with Crippen molar-refractivity contribution < 1.29 is 9.53 Å². The van der Waals surface area contributed by atoms with Crippen LogP contribution in [0.4, 0.5) is 5.69 Å². The number of ketones is 1. The molecule has 0 bridgehead atoms. The van der Waals surface area contributed by atoms with Gasteiger partial charge in [-0.15, -0.1) is 0 Å². The van der Waals surface area contributed by atoms with Crippen LogP contribution in [0.15, 0.2) is 48.5 Å². The SMILES string of the molecule is CCC(=O)c1cccc(NCc2ccccc2OC)c1. The van der Waals surface area contributed by atoms with Crippen molar-refractivity contribution >= 4 is 11.5 Å². The molecule has 2 aromatic carbocycles. The second-order valence-corrected chi connectivity index (χ2v) is 4.52. The molecule has 0 radical (unpaired) electrons. The highest BCUT2D eigenvalue weighted by molar-refractivity contribution is 5.96. The van der Waals surface area contributed by atoms with Gasteiger partial charge in [0.25, 0.3) is 0 Å². The molecule has 1 N–H and O–H groups in total. The summed E-state index contributed by atoms with van der Waals surface area (Å²) in [4.78, 5) is 11.7. The summed E-state index contributed by atoms with van der Waals surface area (Å²) in [6, 6.07) is 15.5. The lowest BCUT2D eigenvalue weighted by Gasteiger charge is -2.11. The van der Waals surface area contributed by atoms with Crippen LogP contribution in [0.2, 0.25) is 0 Å². The summed E-state index contributed by atoms with van der Waals surface area (Å²) in [6.07, 6.45) is 0.524. The van der Waals surface area contributed by atoms with Crippen LogP contribution in [-0.4, -0.2) is 12.9 Å². The lowest BCUT2D eigenvalue weighted by atomic mass is 10.1. The second kappa shape index (κ2) is 6.75. The summed E-state index contributed by atoms with van der Waals surface area (Å²) in [5.41, 5.74) is 2.77. The Kier molecular flexibility index (Phi) is 4.77. The minimum Gasteiger partial charge on any atom is -0.496 e. The van der Waals surface area contributed by atoms with E-state index in [1.165, 1.54) is 0 Å². The third-order valence-corrected chi connectivity index (χ3v) is 3.18. The largest absolute Gasteiger partial charge is 0.496 e. The third-order valence-electron chi connectivity index (χ3n) is 3.18. The van der Waals surface area contributed by atoms with Gasteiger partial charge in [0.1, 0.15) is 5.75 Å². The van der Waals surface area contributed by atoms with Crippen LogP contribution in [0.3, 0.4) is 0 Å². The minimum absolute atomic E-state index is 0.158. The number of para-hydroxylation sites is 1. The van der Waals surface area contributed by atoms with Gasteiger partial charge in [-0.1, -0.05) is 37.3 Å². The molecule has 0 unspecified atom stereocenters. The van der Waals surface area contributed by atoms with Crippen molar-refractivity contribution in [1.82, 2.24) is 0 Å². The normalized spacial score (nSPS) is 10.1. The Balaban J connectivity index is 2.09. The van der Waals surface area contributed by atoms with Gasteiger partial charge >= 0.3 is 0 Å². The van der Waals surface area contributed by atoms with Crippen molar-refractivity contribution in [3.05, 3.63) is 59.7 Å². The minimum atomic E-state index is 0.158. The number of carbonyl (C=O) groups is 1. The fraction of sp³-hybridized carbons (Fsp3) is 0.235. The van der Waals surface area contributed by atoms with E-state index in [1.54, 1.807) is 7.11 Å². The molecular formula is C17H19NO2. The first-order valence-corrected chi connectivity index (χ1v) is 6.73. The van der Waals surface area contributed by atoms with Crippen LogP contribution in [0.5, 0.6) is 5.75 Å². The molecule has 3 nitrogen and oxygen atoms in total. The zero-order chi connectivity index (χ0) is 14.4. The van der Waals surface area contributed by atoms with Crippen LogP contribution >= 0.6 is 0 Å². The Labute approximate surface area is 119 Å². The van der Waals surface area contributed by atoms with Crippen molar-refractivity contribution in [2.75, 3.05) is 12.4 Å². The van der Waals surface area contributed by atoms with Crippen molar-refractivity contribution in [3.63, 3.8) is 0 Å². The number of hydrogen-bond acceptors (Lipinski definition) is 3. The number of anilines is 1. The average Bonchev–Trinajstić information content (AvgIpc) is 2.52. The lowest BCUT2D eigenvalue weighted by molar-refractivity contribution is 0.0988. The predicted molar refractivity (Wildman–Crippen MR) is 81.4 cm³/mol. The Morgan fingerprint density at radius 2 is 1.95 bits per heavy atom. The number of ether oxygens (including phenoxy) is 1. The van der Waals surface area contributed by atoms with Crippen LogP contribution in [0, 0.1) is 0 Å². The molecule has 0 aromatic heterocycles. The van der Waals surface area contributed by atoms with E-state index < -0.39 is 0 Å². The standard InChI is InChI=1S/C17H19NO2/c1-3-16(19)13-8-6-9-15(11-13)18-12-14-7-4-5-10-17(14)20-2/h4-11,18H,3,12H2,1-2H3. The van der Waals surface area contributed by atoms with Crippen molar-refractivity contribution in [3.8, 4) is 5.75 Å². The lowest BCUT2D eigenvalue weighted by Crippen LogP contribution is -2.03. The molecule has 0 saturated heterocycles. The van der Waals surface area contributed by atoms with Crippen LogP contribution < -0.4 is 10.1 Å². The smallest absolute Gasteiger partial charge is 0.162 e. The molecule has 0 aliphatic carbocycles. The van der Waals surface area contributed by atoms with E-state index >= 15 is 0 Å². The van der Waals surface area contributed by atoms with E-state index in [2.05, 4.69) is 5.32 Å². The van der Waals surface area contributed by atoms with Crippen LogP contribution in [0.25, 0.3) is 0 Å². The molecule has 104 valence electrons. The highest BCUT2D eigenvalue weighted by Crippen LogP contribution is 2.19. The van der Waals surface area contributed by atoms with Gasteiger partial charge in [0.05, 0.1) is 7.11 Å². The maximum Gasteiger partial charge on any atom is 0.162 e. The number of methoxy groups -OCH3 is 1.